The maximum Gasteiger partial charge on any atom is 0.165 e. The first-order valence-corrected chi connectivity index (χ1v) is 8.48. The van der Waals surface area contributed by atoms with Crippen LogP contribution in [0.5, 0.6) is 0 Å². The lowest BCUT2D eigenvalue weighted by Crippen LogP contribution is -2.55. The van der Waals surface area contributed by atoms with E-state index < -0.39 is 5.79 Å². The lowest BCUT2D eigenvalue weighted by Gasteiger charge is -2.54. The van der Waals surface area contributed by atoms with Gasteiger partial charge in [0.1, 0.15) is 0 Å². The van der Waals surface area contributed by atoms with Gasteiger partial charge in [0, 0.05) is 17.4 Å². The molecule has 2 nitrogen and oxygen atoms in total. The van der Waals surface area contributed by atoms with E-state index in [1.807, 2.05) is 0 Å². The fourth-order valence-electron chi connectivity index (χ4n) is 5.72. The Morgan fingerprint density at radius 3 is 2.76 bits per heavy atom. The maximum atomic E-state index is 14.8. The second-order valence-corrected chi connectivity index (χ2v) is 8.17. The van der Waals surface area contributed by atoms with Crippen molar-refractivity contribution < 1.29 is 4.39 Å². The number of alkyl halides is 1. The molecule has 116 valence electrons. The summed E-state index contributed by atoms with van der Waals surface area (Å²) in [4.78, 5) is 0. The highest BCUT2D eigenvalue weighted by Crippen LogP contribution is 2.64. The average molecular weight is 290 g/mol. The van der Waals surface area contributed by atoms with E-state index in [2.05, 4.69) is 31.3 Å². The minimum Gasteiger partial charge on any atom is -0.316 e. The van der Waals surface area contributed by atoms with Crippen LogP contribution in [0.4, 0.5) is 4.39 Å². The molecule has 0 spiro atoms. The van der Waals surface area contributed by atoms with Gasteiger partial charge in [-0.25, -0.2) is 4.39 Å². The number of nitrogens with two attached hydrogens (primary N) is 1. The number of nitrogens with one attached hydrogen (secondary N) is 1. The highest BCUT2D eigenvalue weighted by molar-refractivity contribution is 5.39. The van der Waals surface area contributed by atoms with E-state index in [0.717, 1.165) is 38.8 Å². The van der Waals surface area contributed by atoms with Crippen molar-refractivity contribution in [3.05, 3.63) is 23.3 Å². The van der Waals surface area contributed by atoms with Crippen molar-refractivity contribution >= 4 is 0 Å². The van der Waals surface area contributed by atoms with Crippen LogP contribution in [0.2, 0.25) is 0 Å². The molecule has 4 rings (SSSR count). The van der Waals surface area contributed by atoms with E-state index >= 15 is 0 Å². The fraction of sp³-hybridized carbons (Fsp3) is 0.778. The summed E-state index contributed by atoms with van der Waals surface area (Å²) in [6.45, 7) is 6.65. The molecule has 4 aliphatic rings. The minimum absolute atomic E-state index is 0.236. The number of halogens is 1. The second kappa shape index (κ2) is 4.20. The van der Waals surface area contributed by atoms with Gasteiger partial charge in [0.05, 0.1) is 0 Å². The van der Waals surface area contributed by atoms with E-state index in [0.29, 0.717) is 18.3 Å². The van der Waals surface area contributed by atoms with Crippen molar-refractivity contribution in [2.75, 3.05) is 13.1 Å². The number of piperidine rings is 1. The quantitative estimate of drug-likeness (QED) is 0.672. The molecule has 1 unspecified atom stereocenters. The minimum atomic E-state index is -1.49. The van der Waals surface area contributed by atoms with Crippen LogP contribution in [0.15, 0.2) is 23.3 Å². The summed E-state index contributed by atoms with van der Waals surface area (Å²) in [5, 5.41) is 3.58. The number of hydrogen-bond donors (Lipinski definition) is 2. The highest BCUT2D eigenvalue weighted by Gasteiger charge is 2.61. The number of allylic oxidation sites excluding steroid dienone is 3. The molecule has 1 heterocycles. The van der Waals surface area contributed by atoms with E-state index in [1.165, 1.54) is 5.57 Å². The zero-order valence-electron chi connectivity index (χ0n) is 13.2. The van der Waals surface area contributed by atoms with Crippen LogP contribution in [-0.4, -0.2) is 18.9 Å². The largest absolute Gasteiger partial charge is 0.316 e. The van der Waals surface area contributed by atoms with Crippen molar-refractivity contribution in [2.24, 2.45) is 28.4 Å². The Balaban J connectivity index is 1.76. The lowest BCUT2D eigenvalue weighted by molar-refractivity contribution is -0.0159. The van der Waals surface area contributed by atoms with Gasteiger partial charge in [-0.15, -0.1) is 0 Å². The van der Waals surface area contributed by atoms with Crippen molar-refractivity contribution in [1.82, 2.24) is 5.32 Å². The van der Waals surface area contributed by atoms with Gasteiger partial charge >= 0.3 is 0 Å². The molecule has 3 aliphatic carbocycles. The van der Waals surface area contributed by atoms with Crippen LogP contribution in [0.1, 0.15) is 46.0 Å². The van der Waals surface area contributed by atoms with Crippen molar-refractivity contribution in [3.8, 4) is 0 Å². The monoisotopic (exact) mass is 290 g/mol. The molecule has 0 aromatic heterocycles. The zero-order chi connectivity index (χ0) is 14.9. The third-order valence-electron chi connectivity index (χ3n) is 7.32. The predicted molar refractivity (Wildman–Crippen MR) is 83.3 cm³/mol. The molecule has 5 atom stereocenters. The van der Waals surface area contributed by atoms with Crippen molar-refractivity contribution in [1.29, 1.82) is 0 Å². The van der Waals surface area contributed by atoms with Gasteiger partial charge in [0.25, 0.3) is 0 Å². The third-order valence-corrected chi connectivity index (χ3v) is 7.32. The molecule has 0 bridgehead atoms. The van der Waals surface area contributed by atoms with Crippen LogP contribution in [-0.2, 0) is 0 Å². The van der Waals surface area contributed by atoms with E-state index in [1.54, 1.807) is 5.57 Å². The molecular formula is C18H27FN2. The maximum absolute atomic E-state index is 14.8. The van der Waals surface area contributed by atoms with Gasteiger partial charge in [0.15, 0.2) is 5.79 Å². The Labute approximate surface area is 127 Å². The van der Waals surface area contributed by atoms with Crippen LogP contribution in [0.3, 0.4) is 0 Å². The molecule has 0 amide bonds. The second-order valence-electron chi connectivity index (χ2n) is 8.17. The van der Waals surface area contributed by atoms with Gasteiger partial charge < -0.3 is 5.32 Å². The van der Waals surface area contributed by atoms with Crippen LogP contribution < -0.4 is 11.1 Å². The first-order valence-electron chi connectivity index (χ1n) is 8.48. The van der Waals surface area contributed by atoms with Gasteiger partial charge in [0.2, 0.25) is 0 Å². The Morgan fingerprint density at radius 1 is 1.19 bits per heavy atom. The number of fused-ring (bicyclic) bond motifs is 5. The first-order chi connectivity index (χ1) is 9.88. The summed E-state index contributed by atoms with van der Waals surface area (Å²) in [7, 11) is 0. The Kier molecular flexibility index (Phi) is 2.79. The number of hydrogen-bond acceptors (Lipinski definition) is 2. The standard InChI is InChI=1S/C18H27FN2/c1-16-11-21-10-7-12(16)3-4-13-14(16)5-8-17(2)15(13)6-9-18(17,19)20/h3-4,14-15,21H,5-11,20H2,1-2H3/t14-,15+,16+,17+,18?/m1/s1. The van der Waals surface area contributed by atoms with Crippen molar-refractivity contribution in [2.45, 2.75) is 51.7 Å². The topological polar surface area (TPSA) is 38.0 Å². The van der Waals surface area contributed by atoms with Gasteiger partial charge in [-0.2, -0.15) is 0 Å². The zero-order valence-corrected chi connectivity index (χ0v) is 13.2. The molecular weight excluding hydrogens is 263 g/mol. The Morgan fingerprint density at radius 2 is 1.95 bits per heavy atom. The van der Waals surface area contributed by atoms with E-state index in [-0.39, 0.29) is 10.8 Å². The van der Waals surface area contributed by atoms with Gasteiger partial charge in [-0.3, -0.25) is 5.73 Å². The van der Waals surface area contributed by atoms with E-state index in [9.17, 15) is 4.39 Å². The smallest absolute Gasteiger partial charge is 0.165 e. The summed E-state index contributed by atoms with van der Waals surface area (Å²) in [5.74, 6) is -0.570. The molecule has 0 radical (unpaired) electrons. The molecule has 1 saturated heterocycles. The first kappa shape index (κ1) is 14.0. The third kappa shape index (κ3) is 1.65. The summed E-state index contributed by atoms with van der Waals surface area (Å²) >= 11 is 0. The van der Waals surface area contributed by atoms with Crippen LogP contribution >= 0.6 is 0 Å². The Bertz CT molecular complexity index is 535. The SMILES string of the molecule is C[C@]12CNCCC1=CC=C1[C@H]2CC[C@@]2(C)[C@H]1CCC2(N)F. The fourth-order valence-corrected chi connectivity index (χ4v) is 5.72. The summed E-state index contributed by atoms with van der Waals surface area (Å²) < 4.78 is 14.8. The molecule has 2 saturated carbocycles. The predicted octanol–water partition coefficient (Wildman–Crippen LogP) is 3.30. The Hall–Kier alpha value is -0.670. The van der Waals surface area contributed by atoms with Gasteiger partial charge in [-0.1, -0.05) is 37.1 Å². The molecule has 21 heavy (non-hydrogen) atoms. The molecule has 0 aromatic rings. The van der Waals surface area contributed by atoms with Crippen molar-refractivity contribution in [3.63, 3.8) is 0 Å². The normalized spacial score (nSPS) is 52.4. The summed E-state index contributed by atoms with van der Waals surface area (Å²) in [6.07, 6.45) is 9.27. The number of rotatable bonds is 0. The summed E-state index contributed by atoms with van der Waals surface area (Å²) in [6, 6.07) is 0. The average Bonchev–Trinajstić information content (AvgIpc) is 2.69. The van der Waals surface area contributed by atoms with E-state index in [4.69, 9.17) is 5.73 Å². The van der Waals surface area contributed by atoms with Crippen LogP contribution in [0.25, 0.3) is 0 Å². The molecule has 3 fully saturated rings. The van der Waals surface area contributed by atoms with Crippen LogP contribution in [0, 0.1) is 22.7 Å². The molecule has 1 aliphatic heterocycles. The molecule has 3 heteroatoms. The summed E-state index contributed by atoms with van der Waals surface area (Å²) in [5.41, 5.74) is 8.99. The molecule has 0 aromatic carbocycles. The highest BCUT2D eigenvalue weighted by atomic mass is 19.1. The van der Waals surface area contributed by atoms with Gasteiger partial charge in [-0.05, 0) is 50.5 Å². The molecule has 3 N–H and O–H groups in total. The lowest BCUT2D eigenvalue weighted by atomic mass is 9.52.